The van der Waals surface area contributed by atoms with Crippen molar-refractivity contribution in [2.24, 2.45) is 0 Å². The average Bonchev–Trinajstić information content (AvgIpc) is 2.43. The van der Waals surface area contributed by atoms with Gasteiger partial charge in [0.2, 0.25) is 0 Å². The van der Waals surface area contributed by atoms with E-state index in [2.05, 4.69) is 6.07 Å². The molecule has 0 amide bonds. The van der Waals surface area contributed by atoms with Gasteiger partial charge in [-0.25, -0.2) is 0 Å². The summed E-state index contributed by atoms with van der Waals surface area (Å²) in [6.07, 6.45) is 1.16. The molecule has 0 fully saturated rings. The van der Waals surface area contributed by atoms with Gasteiger partial charge in [-0.05, 0) is 29.7 Å². The molecule has 2 rings (SSSR count). The second-order valence-electron chi connectivity index (χ2n) is 2.20. The van der Waals surface area contributed by atoms with Gasteiger partial charge in [-0.3, -0.25) is 0 Å². The van der Waals surface area contributed by atoms with Gasteiger partial charge in [-0.1, -0.05) is 6.07 Å². The number of hydrogen-bond acceptors (Lipinski definition) is 2. The van der Waals surface area contributed by atoms with Crippen molar-refractivity contribution in [3.63, 3.8) is 0 Å². The van der Waals surface area contributed by atoms with Gasteiger partial charge in [0.15, 0.2) is 0 Å². The van der Waals surface area contributed by atoms with Gasteiger partial charge in [0.25, 0.3) is 0 Å². The molecule has 5 N–H and O–H groups in total. The minimum Gasteiger partial charge on any atom is -0.399 e. The zero-order valence-electron chi connectivity index (χ0n) is 5.22. The normalized spacial score (nSPS) is 11.6. The van der Waals surface area contributed by atoms with Crippen LogP contribution in [-0.2, 0) is 6.42 Å². The lowest BCUT2D eigenvalue weighted by atomic mass is 10.3. The maximum Gasteiger partial charge on any atom is 0.0317 e. The van der Waals surface area contributed by atoms with Crippen LogP contribution in [0, 0.1) is 0 Å². The Morgan fingerprint density at radius 1 is 1.22 bits per heavy atom. The minimum atomic E-state index is 0. The fraction of sp³-hybridized carbons (Fsp3) is 0.143. The maximum atomic E-state index is 5.49. The smallest absolute Gasteiger partial charge is 0.0317 e. The van der Waals surface area contributed by atoms with Crippen LogP contribution in [-0.4, -0.2) is 0 Å². The van der Waals surface area contributed by atoms with Crippen LogP contribution in [0.2, 0.25) is 0 Å². The van der Waals surface area contributed by atoms with Crippen LogP contribution >= 0.6 is 0 Å². The third kappa shape index (κ3) is 0.886. The Labute approximate surface area is 54.3 Å². The van der Waals surface area contributed by atoms with Crippen molar-refractivity contribution >= 4 is 5.69 Å². The Hall–Kier alpha value is -1.02. The van der Waals surface area contributed by atoms with Crippen LogP contribution in [0.15, 0.2) is 18.2 Å². The maximum absolute atomic E-state index is 5.49. The second-order valence-corrected chi connectivity index (χ2v) is 2.20. The summed E-state index contributed by atoms with van der Waals surface area (Å²) in [5, 5.41) is 0. The Kier molecular flexibility index (Phi) is 1.18. The number of nitrogens with two attached hydrogens (primary N) is 1. The third-order valence-corrected chi connectivity index (χ3v) is 1.49. The molecule has 2 heteroatoms. The summed E-state index contributed by atoms with van der Waals surface area (Å²) in [5.41, 5.74) is 9.26. The standard InChI is InChI=1S/C7H7N.H3N/c8-7-2-1-5-3-6(5)4-7;/h1-2,4H,3,8H2;1H3. The van der Waals surface area contributed by atoms with E-state index in [1.54, 1.807) is 0 Å². The minimum absolute atomic E-state index is 0. The van der Waals surface area contributed by atoms with Gasteiger partial charge in [-0.2, -0.15) is 0 Å². The Morgan fingerprint density at radius 3 is 2.56 bits per heavy atom. The first kappa shape index (κ1) is 6.11. The molecule has 1 aromatic rings. The quantitative estimate of drug-likeness (QED) is 0.518. The summed E-state index contributed by atoms with van der Waals surface area (Å²) in [5.74, 6) is 0. The predicted molar refractivity (Wildman–Crippen MR) is 38.7 cm³/mol. The van der Waals surface area contributed by atoms with E-state index in [0.717, 1.165) is 12.1 Å². The molecule has 48 valence electrons. The Bertz CT molecular complexity index is 230. The van der Waals surface area contributed by atoms with Crippen LogP contribution in [0.5, 0.6) is 0 Å². The van der Waals surface area contributed by atoms with E-state index in [4.69, 9.17) is 5.73 Å². The van der Waals surface area contributed by atoms with Gasteiger partial charge in [0.05, 0.1) is 0 Å². The fourth-order valence-electron chi connectivity index (χ4n) is 0.917. The molecule has 0 saturated heterocycles. The second kappa shape index (κ2) is 1.74. The first-order chi connectivity index (χ1) is 3.86. The number of fused-ring (bicyclic) bond motifs is 1. The highest BCUT2D eigenvalue weighted by atomic mass is 14.5. The van der Waals surface area contributed by atoms with Gasteiger partial charge < -0.3 is 11.9 Å². The van der Waals surface area contributed by atoms with Crippen LogP contribution in [0.3, 0.4) is 0 Å². The SMILES string of the molecule is N.Nc1ccc2c(c1)C2. The summed E-state index contributed by atoms with van der Waals surface area (Å²) in [6, 6.07) is 6.08. The highest BCUT2D eigenvalue weighted by molar-refractivity contribution is 5.54. The van der Waals surface area contributed by atoms with Crippen LogP contribution in [0.25, 0.3) is 0 Å². The summed E-state index contributed by atoms with van der Waals surface area (Å²) in [7, 11) is 0. The van der Waals surface area contributed by atoms with E-state index in [1.807, 2.05) is 12.1 Å². The molecule has 1 aliphatic rings. The molecule has 0 aromatic heterocycles. The first-order valence-electron chi connectivity index (χ1n) is 2.73. The number of anilines is 1. The van der Waals surface area contributed by atoms with Crippen molar-refractivity contribution in [3.05, 3.63) is 29.3 Å². The molecule has 0 bridgehead atoms. The highest BCUT2D eigenvalue weighted by Gasteiger charge is 2.14. The molecule has 0 spiro atoms. The van der Waals surface area contributed by atoms with Gasteiger partial charge in [0.1, 0.15) is 0 Å². The predicted octanol–water partition coefficient (Wildman–Crippen LogP) is 1.33. The number of rotatable bonds is 0. The van der Waals surface area contributed by atoms with E-state index < -0.39 is 0 Å². The first-order valence-corrected chi connectivity index (χ1v) is 2.73. The Balaban J connectivity index is 0.000000405. The molecule has 1 aromatic carbocycles. The molecule has 2 nitrogen and oxygen atoms in total. The molecule has 0 saturated carbocycles. The summed E-state index contributed by atoms with van der Waals surface area (Å²) >= 11 is 0. The van der Waals surface area contributed by atoms with E-state index >= 15 is 0 Å². The zero-order valence-corrected chi connectivity index (χ0v) is 5.22. The number of benzene rings is 1. The van der Waals surface area contributed by atoms with Crippen LogP contribution in [0.4, 0.5) is 5.69 Å². The monoisotopic (exact) mass is 122 g/mol. The molecular formula is C7H10N2. The van der Waals surface area contributed by atoms with Crippen molar-refractivity contribution in [1.29, 1.82) is 0 Å². The number of hydrogen-bond donors (Lipinski definition) is 2. The van der Waals surface area contributed by atoms with E-state index in [0.29, 0.717) is 0 Å². The van der Waals surface area contributed by atoms with Crippen molar-refractivity contribution in [2.45, 2.75) is 6.42 Å². The molecule has 0 unspecified atom stereocenters. The number of nitrogen functional groups attached to an aromatic ring is 1. The largest absolute Gasteiger partial charge is 0.399 e. The summed E-state index contributed by atoms with van der Waals surface area (Å²) in [6.45, 7) is 0. The lowest BCUT2D eigenvalue weighted by Gasteiger charge is -1.83. The molecule has 0 aliphatic heterocycles. The third-order valence-electron chi connectivity index (χ3n) is 1.49. The van der Waals surface area contributed by atoms with E-state index in [-0.39, 0.29) is 6.15 Å². The molecule has 9 heavy (non-hydrogen) atoms. The van der Waals surface area contributed by atoms with E-state index in [9.17, 15) is 0 Å². The van der Waals surface area contributed by atoms with Crippen molar-refractivity contribution in [1.82, 2.24) is 6.15 Å². The van der Waals surface area contributed by atoms with E-state index in [1.165, 1.54) is 11.1 Å². The van der Waals surface area contributed by atoms with Crippen LogP contribution in [0.1, 0.15) is 11.1 Å². The lowest BCUT2D eigenvalue weighted by Crippen LogP contribution is -1.79. The fourth-order valence-corrected chi connectivity index (χ4v) is 0.917. The van der Waals surface area contributed by atoms with Crippen molar-refractivity contribution < 1.29 is 0 Å². The van der Waals surface area contributed by atoms with Crippen LogP contribution < -0.4 is 11.9 Å². The molecule has 0 atom stereocenters. The Morgan fingerprint density at radius 2 is 2.00 bits per heavy atom. The molecule has 1 aliphatic carbocycles. The molecular weight excluding hydrogens is 112 g/mol. The van der Waals surface area contributed by atoms with Crippen molar-refractivity contribution in [2.75, 3.05) is 5.73 Å². The molecule has 0 radical (unpaired) electrons. The van der Waals surface area contributed by atoms with Gasteiger partial charge in [-0.15, -0.1) is 0 Å². The lowest BCUT2D eigenvalue weighted by molar-refractivity contribution is 1.61. The van der Waals surface area contributed by atoms with Gasteiger partial charge in [0, 0.05) is 5.69 Å². The summed E-state index contributed by atoms with van der Waals surface area (Å²) in [4.78, 5) is 0. The molecule has 0 heterocycles. The summed E-state index contributed by atoms with van der Waals surface area (Å²) < 4.78 is 0. The average molecular weight is 122 g/mol. The zero-order chi connectivity index (χ0) is 5.56. The highest BCUT2D eigenvalue weighted by Crippen LogP contribution is 2.28. The van der Waals surface area contributed by atoms with Crippen molar-refractivity contribution in [3.8, 4) is 0 Å². The topological polar surface area (TPSA) is 61.0 Å². The van der Waals surface area contributed by atoms with Gasteiger partial charge >= 0.3 is 0 Å².